The van der Waals surface area contributed by atoms with Crippen molar-refractivity contribution in [1.82, 2.24) is 4.98 Å². The maximum atomic E-state index is 4.14. The first-order chi connectivity index (χ1) is 6.34. The molecule has 1 aliphatic carbocycles. The minimum Gasteiger partial charge on any atom is -0.384 e. The highest BCUT2D eigenvalue weighted by Gasteiger charge is 2.16. The average molecular weight is 176 g/mol. The molecule has 0 amide bonds. The first-order valence-electron chi connectivity index (χ1n) is 5.00. The summed E-state index contributed by atoms with van der Waals surface area (Å²) in [5, 5.41) is 3.42. The molecule has 0 aliphatic heterocycles. The molecule has 0 radical (unpaired) electrons. The van der Waals surface area contributed by atoms with Gasteiger partial charge in [-0.2, -0.15) is 0 Å². The Morgan fingerprint density at radius 2 is 2.31 bits per heavy atom. The molecule has 13 heavy (non-hydrogen) atoms. The van der Waals surface area contributed by atoms with Gasteiger partial charge < -0.3 is 5.32 Å². The molecular weight excluding hydrogens is 160 g/mol. The van der Waals surface area contributed by atoms with Gasteiger partial charge in [0.05, 0.1) is 5.69 Å². The van der Waals surface area contributed by atoms with Gasteiger partial charge in [0.2, 0.25) is 0 Å². The van der Waals surface area contributed by atoms with Gasteiger partial charge in [-0.1, -0.05) is 6.42 Å². The number of nitrogens with zero attached hydrogens (tertiary/aromatic N) is 1. The number of nitrogens with one attached hydrogen (secondary N) is 1. The summed E-state index contributed by atoms with van der Waals surface area (Å²) in [6.07, 6.45) is 7.98. The second-order valence-corrected chi connectivity index (χ2v) is 3.93. The van der Waals surface area contributed by atoms with Crippen molar-refractivity contribution in [2.75, 3.05) is 11.9 Å². The smallest absolute Gasteiger partial charge is 0.0529 e. The Kier molecular flexibility index (Phi) is 2.48. The third-order valence-corrected chi connectivity index (χ3v) is 2.69. The lowest BCUT2D eigenvalue weighted by Crippen LogP contribution is -2.20. The molecule has 1 saturated carbocycles. The molecule has 0 spiro atoms. The molecule has 1 aromatic rings. The minimum absolute atomic E-state index is 0.903. The SMILES string of the molecule is Cc1cncc(NCC2CCC2)c1. The monoisotopic (exact) mass is 176 g/mol. The van der Waals surface area contributed by atoms with Crippen LogP contribution in [0.1, 0.15) is 24.8 Å². The summed E-state index contributed by atoms with van der Waals surface area (Å²) in [6, 6.07) is 2.14. The zero-order valence-corrected chi connectivity index (χ0v) is 8.09. The van der Waals surface area contributed by atoms with Crippen LogP contribution >= 0.6 is 0 Å². The number of pyridine rings is 1. The van der Waals surface area contributed by atoms with Gasteiger partial charge in [0.25, 0.3) is 0 Å². The second kappa shape index (κ2) is 3.77. The molecule has 2 heteroatoms. The molecule has 70 valence electrons. The number of hydrogen-bond donors (Lipinski definition) is 1. The maximum Gasteiger partial charge on any atom is 0.0529 e. The highest BCUT2D eigenvalue weighted by molar-refractivity contribution is 5.42. The van der Waals surface area contributed by atoms with Gasteiger partial charge in [0.15, 0.2) is 0 Å². The van der Waals surface area contributed by atoms with Crippen molar-refractivity contribution in [3.8, 4) is 0 Å². The van der Waals surface area contributed by atoms with Crippen LogP contribution in [0.3, 0.4) is 0 Å². The molecule has 0 atom stereocenters. The van der Waals surface area contributed by atoms with E-state index in [-0.39, 0.29) is 0 Å². The van der Waals surface area contributed by atoms with Crippen LogP contribution in [0.2, 0.25) is 0 Å². The van der Waals surface area contributed by atoms with Crippen LogP contribution in [0.4, 0.5) is 5.69 Å². The summed E-state index contributed by atoms with van der Waals surface area (Å²) in [6.45, 7) is 3.19. The number of anilines is 1. The van der Waals surface area contributed by atoms with Crippen LogP contribution in [0.5, 0.6) is 0 Å². The van der Waals surface area contributed by atoms with Crippen LogP contribution in [0, 0.1) is 12.8 Å². The van der Waals surface area contributed by atoms with Crippen molar-refractivity contribution in [3.05, 3.63) is 24.0 Å². The lowest BCUT2D eigenvalue weighted by atomic mass is 9.85. The van der Waals surface area contributed by atoms with Gasteiger partial charge in [0.1, 0.15) is 0 Å². The van der Waals surface area contributed by atoms with Crippen LogP contribution in [0.25, 0.3) is 0 Å². The van der Waals surface area contributed by atoms with E-state index in [1.165, 1.54) is 24.8 Å². The number of aromatic nitrogens is 1. The van der Waals surface area contributed by atoms with E-state index in [4.69, 9.17) is 0 Å². The zero-order chi connectivity index (χ0) is 9.10. The zero-order valence-electron chi connectivity index (χ0n) is 8.09. The summed E-state index contributed by atoms with van der Waals surface area (Å²) in [4.78, 5) is 4.14. The summed E-state index contributed by atoms with van der Waals surface area (Å²) < 4.78 is 0. The van der Waals surface area contributed by atoms with E-state index in [2.05, 4.69) is 23.3 Å². The number of rotatable bonds is 3. The van der Waals surface area contributed by atoms with Gasteiger partial charge in [-0.05, 0) is 37.3 Å². The number of aryl methyl sites for hydroxylation is 1. The van der Waals surface area contributed by atoms with E-state index in [0.29, 0.717) is 0 Å². The standard InChI is InChI=1S/C11H16N2/c1-9-5-11(8-12-6-9)13-7-10-3-2-4-10/h5-6,8,10,13H,2-4,7H2,1H3. The summed E-state index contributed by atoms with van der Waals surface area (Å²) in [5.41, 5.74) is 2.38. The van der Waals surface area contributed by atoms with E-state index in [9.17, 15) is 0 Å². The molecule has 0 saturated heterocycles. The van der Waals surface area contributed by atoms with E-state index in [1.807, 2.05) is 12.4 Å². The Morgan fingerprint density at radius 3 is 2.92 bits per heavy atom. The van der Waals surface area contributed by atoms with E-state index in [1.54, 1.807) is 0 Å². The predicted molar refractivity (Wildman–Crippen MR) is 54.8 cm³/mol. The van der Waals surface area contributed by atoms with Crippen LogP contribution in [-0.4, -0.2) is 11.5 Å². The van der Waals surface area contributed by atoms with Gasteiger partial charge in [-0.3, -0.25) is 4.98 Å². The topological polar surface area (TPSA) is 24.9 Å². The first kappa shape index (κ1) is 8.54. The van der Waals surface area contributed by atoms with Crippen molar-refractivity contribution in [3.63, 3.8) is 0 Å². The van der Waals surface area contributed by atoms with Crippen LogP contribution in [-0.2, 0) is 0 Å². The molecule has 1 aromatic heterocycles. The second-order valence-electron chi connectivity index (χ2n) is 3.93. The molecule has 1 N–H and O–H groups in total. The van der Waals surface area contributed by atoms with Crippen molar-refractivity contribution in [2.24, 2.45) is 5.92 Å². The molecule has 2 nitrogen and oxygen atoms in total. The fraction of sp³-hybridized carbons (Fsp3) is 0.545. The van der Waals surface area contributed by atoms with Crippen LogP contribution < -0.4 is 5.32 Å². The van der Waals surface area contributed by atoms with Crippen molar-refractivity contribution >= 4 is 5.69 Å². The van der Waals surface area contributed by atoms with Crippen molar-refractivity contribution in [2.45, 2.75) is 26.2 Å². The Bertz CT molecular complexity index is 279. The Hall–Kier alpha value is -1.05. The van der Waals surface area contributed by atoms with Crippen molar-refractivity contribution < 1.29 is 0 Å². The molecule has 1 fully saturated rings. The lowest BCUT2D eigenvalue weighted by molar-refractivity contribution is 0.333. The largest absolute Gasteiger partial charge is 0.384 e. The Balaban J connectivity index is 1.86. The van der Waals surface area contributed by atoms with E-state index in [0.717, 1.165) is 18.2 Å². The molecule has 0 aromatic carbocycles. The van der Waals surface area contributed by atoms with Gasteiger partial charge in [-0.15, -0.1) is 0 Å². The predicted octanol–water partition coefficient (Wildman–Crippen LogP) is 2.60. The minimum atomic E-state index is 0.903. The first-order valence-corrected chi connectivity index (χ1v) is 5.00. The quantitative estimate of drug-likeness (QED) is 0.765. The average Bonchev–Trinajstić information content (AvgIpc) is 2.01. The van der Waals surface area contributed by atoms with E-state index < -0.39 is 0 Å². The third-order valence-electron chi connectivity index (χ3n) is 2.69. The van der Waals surface area contributed by atoms with Crippen molar-refractivity contribution in [1.29, 1.82) is 0 Å². The summed E-state index contributed by atoms with van der Waals surface area (Å²) in [7, 11) is 0. The molecular formula is C11H16N2. The Morgan fingerprint density at radius 1 is 1.46 bits per heavy atom. The molecule has 0 unspecified atom stereocenters. The maximum absolute atomic E-state index is 4.14. The summed E-state index contributed by atoms with van der Waals surface area (Å²) in [5.74, 6) is 0.903. The number of hydrogen-bond acceptors (Lipinski definition) is 2. The molecule has 2 rings (SSSR count). The van der Waals surface area contributed by atoms with Crippen LogP contribution in [0.15, 0.2) is 18.5 Å². The normalized spacial score (nSPS) is 16.7. The van der Waals surface area contributed by atoms with Gasteiger partial charge >= 0.3 is 0 Å². The van der Waals surface area contributed by atoms with Gasteiger partial charge in [0, 0.05) is 18.9 Å². The molecule has 1 aliphatic rings. The van der Waals surface area contributed by atoms with E-state index >= 15 is 0 Å². The highest BCUT2D eigenvalue weighted by Crippen LogP contribution is 2.26. The highest BCUT2D eigenvalue weighted by atomic mass is 14.9. The third kappa shape index (κ3) is 2.20. The fourth-order valence-corrected chi connectivity index (χ4v) is 1.61. The summed E-state index contributed by atoms with van der Waals surface area (Å²) >= 11 is 0. The molecule has 1 heterocycles. The Labute approximate surface area is 79.4 Å². The molecule has 0 bridgehead atoms. The van der Waals surface area contributed by atoms with Gasteiger partial charge in [-0.25, -0.2) is 0 Å². The lowest BCUT2D eigenvalue weighted by Gasteiger charge is -2.25. The fourth-order valence-electron chi connectivity index (χ4n) is 1.61.